The van der Waals surface area contributed by atoms with E-state index in [1.807, 2.05) is 42.6 Å². The molecular formula is C31H26FN5O. The van der Waals surface area contributed by atoms with E-state index in [1.165, 1.54) is 31.4 Å². The Bertz CT molecular complexity index is 1750. The van der Waals surface area contributed by atoms with Crippen LogP contribution in [-0.4, -0.2) is 31.3 Å². The van der Waals surface area contributed by atoms with Crippen LogP contribution in [0.15, 0.2) is 79.1 Å². The summed E-state index contributed by atoms with van der Waals surface area (Å²) in [6, 6.07) is 20.7. The maximum Gasteiger partial charge on any atom is 0.138 e. The molecule has 1 saturated carbocycles. The quantitative estimate of drug-likeness (QED) is 0.253. The largest absolute Gasteiger partial charge is 0.489 e. The Balaban J connectivity index is 1.25. The number of aromatic nitrogens is 5. The van der Waals surface area contributed by atoms with E-state index < -0.39 is 0 Å². The molecule has 0 atom stereocenters. The smallest absolute Gasteiger partial charge is 0.138 e. The first-order chi connectivity index (χ1) is 18.7. The van der Waals surface area contributed by atoms with Gasteiger partial charge < -0.3 is 9.72 Å². The van der Waals surface area contributed by atoms with Crippen molar-refractivity contribution in [3.8, 4) is 39.5 Å². The summed E-state index contributed by atoms with van der Waals surface area (Å²) in [5.74, 6) is 0.537. The number of hydrogen-bond acceptors (Lipinski definition) is 4. The van der Waals surface area contributed by atoms with Gasteiger partial charge in [0.25, 0.3) is 0 Å². The van der Waals surface area contributed by atoms with Gasteiger partial charge in [0, 0.05) is 22.7 Å². The lowest BCUT2D eigenvalue weighted by Gasteiger charge is -2.22. The van der Waals surface area contributed by atoms with Crippen LogP contribution in [0.3, 0.4) is 0 Å². The standard InChI is InChI=1S/C31H26FN5O/c32-21-11-9-19(10-12-21)24-7-4-8-27-25(24)16-29(34-27)31-30-28(36-37-31)14-13-26(35-30)20-15-23(18-33-17-20)38-22-5-2-1-3-6-22/h4,7-18,22,34H,1-3,5-6H2,(H,36,37). The highest BCUT2D eigenvalue weighted by atomic mass is 19.1. The van der Waals surface area contributed by atoms with E-state index in [-0.39, 0.29) is 11.9 Å². The topological polar surface area (TPSA) is 79.5 Å². The molecule has 188 valence electrons. The van der Waals surface area contributed by atoms with Gasteiger partial charge in [-0.25, -0.2) is 9.37 Å². The number of fused-ring (bicyclic) bond motifs is 2. The van der Waals surface area contributed by atoms with Crippen LogP contribution in [0.5, 0.6) is 5.75 Å². The molecule has 7 rings (SSSR count). The Labute approximate surface area is 218 Å². The lowest BCUT2D eigenvalue weighted by atomic mass is 9.98. The molecule has 0 saturated heterocycles. The van der Waals surface area contributed by atoms with Crippen LogP contribution in [-0.2, 0) is 0 Å². The van der Waals surface area contributed by atoms with E-state index in [0.29, 0.717) is 0 Å². The van der Waals surface area contributed by atoms with Gasteiger partial charge in [-0.1, -0.05) is 30.7 Å². The van der Waals surface area contributed by atoms with Crippen LogP contribution in [0, 0.1) is 5.82 Å². The fourth-order valence-electron chi connectivity index (χ4n) is 5.41. The van der Waals surface area contributed by atoms with Crippen LogP contribution >= 0.6 is 0 Å². The lowest BCUT2D eigenvalue weighted by molar-refractivity contribution is 0.154. The maximum atomic E-state index is 13.5. The highest BCUT2D eigenvalue weighted by Gasteiger charge is 2.17. The zero-order valence-electron chi connectivity index (χ0n) is 20.7. The molecule has 2 aromatic carbocycles. The summed E-state index contributed by atoms with van der Waals surface area (Å²) in [5, 5.41) is 8.75. The Hall–Kier alpha value is -4.52. The summed E-state index contributed by atoms with van der Waals surface area (Å²) < 4.78 is 19.7. The average molecular weight is 504 g/mol. The Morgan fingerprint density at radius 2 is 1.71 bits per heavy atom. The number of hydrogen-bond donors (Lipinski definition) is 2. The van der Waals surface area contributed by atoms with Crippen molar-refractivity contribution in [2.75, 3.05) is 0 Å². The van der Waals surface area contributed by atoms with Gasteiger partial charge in [-0.15, -0.1) is 0 Å². The first-order valence-electron chi connectivity index (χ1n) is 13.1. The van der Waals surface area contributed by atoms with E-state index in [1.54, 1.807) is 18.3 Å². The molecule has 0 aliphatic heterocycles. The third kappa shape index (κ3) is 4.20. The highest BCUT2D eigenvalue weighted by molar-refractivity contribution is 6.00. The first-order valence-corrected chi connectivity index (χ1v) is 13.1. The van der Waals surface area contributed by atoms with Gasteiger partial charge in [0.1, 0.15) is 22.8 Å². The third-order valence-electron chi connectivity index (χ3n) is 7.35. The number of aromatic amines is 2. The minimum absolute atomic E-state index is 0.248. The monoisotopic (exact) mass is 503 g/mol. The molecule has 4 heterocycles. The molecule has 6 nitrogen and oxygen atoms in total. The molecule has 38 heavy (non-hydrogen) atoms. The second-order valence-electron chi connectivity index (χ2n) is 9.91. The summed E-state index contributed by atoms with van der Waals surface area (Å²) >= 11 is 0. The molecule has 1 aliphatic carbocycles. The lowest BCUT2D eigenvalue weighted by Crippen LogP contribution is -2.19. The van der Waals surface area contributed by atoms with E-state index in [0.717, 1.165) is 74.3 Å². The summed E-state index contributed by atoms with van der Waals surface area (Å²) in [5.41, 5.74) is 7.90. The van der Waals surface area contributed by atoms with Crippen LogP contribution in [0.1, 0.15) is 32.1 Å². The van der Waals surface area contributed by atoms with Crippen LogP contribution in [0.2, 0.25) is 0 Å². The minimum atomic E-state index is -0.248. The van der Waals surface area contributed by atoms with Gasteiger partial charge in [0.2, 0.25) is 0 Å². The minimum Gasteiger partial charge on any atom is -0.489 e. The van der Waals surface area contributed by atoms with Gasteiger partial charge in [0.15, 0.2) is 0 Å². The molecule has 4 aromatic heterocycles. The Morgan fingerprint density at radius 1 is 0.842 bits per heavy atom. The van der Waals surface area contributed by atoms with Crippen molar-refractivity contribution in [1.82, 2.24) is 25.1 Å². The van der Waals surface area contributed by atoms with E-state index in [9.17, 15) is 4.39 Å². The van der Waals surface area contributed by atoms with Crippen molar-refractivity contribution in [3.63, 3.8) is 0 Å². The number of halogens is 1. The van der Waals surface area contributed by atoms with E-state index in [2.05, 4.69) is 26.2 Å². The molecule has 6 aromatic rings. The number of nitrogens with zero attached hydrogens (tertiary/aromatic N) is 3. The zero-order chi connectivity index (χ0) is 25.5. The molecule has 0 spiro atoms. The second-order valence-corrected chi connectivity index (χ2v) is 9.91. The van der Waals surface area contributed by atoms with Crippen molar-refractivity contribution in [1.29, 1.82) is 0 Å². The Kier molecular flexibility index (Phi) is 5.61. The number of H-pyrrole nitrogens is 2. The molecule has 1 aliphatic rings. The molecular weight excluding hydrogens is 477 g/mol. The van der Waals surface area contributed by atoms with Crippen molar-refractivity contribution in [2.24, 2.45) is 0 Å². The highest BCUT2D eigenvalue weighted by Crippen LogP contribution is 2.34. The number of pyridine rings is 2. The molecule has 7 heteroatoms. The molecule has 2 N–H and O–H groups in total. The van der Waals surface area contributed by atoms with Crippen molar-refractivity contribution < 1.29 is 9.13 Å². The summed E-state index contributed by atoms with van der Waals surface area (Å²) in [6.45, 7) is 0. The first kappa shape index (κ1) is 22.7. The van der Waals surface area contributed by atoms with Crippen molar-refractivity contribution in [3.05, 3.63) is 84.9 Å². The zero-order valence-corrected chi connectivity index (χ0v) is 20.7. The SMILES string of the molecule is Fc1ccc(-c2cccc3[nH]c(-c4n[nH]c5ccc(-c6cncc(OC7CCCCC7)c6)nc45)cc23)cc1. The molecule has 0 radical (unpaired) electrons. The summed E-state index contributed by atoms with van der Waals surface area (Å²) in [4.78, 5) is 12.9. The predicted molar refractivity (Wildman–Crippen MR) is 147 cm³/mol. The number of nitrogens with one attached hydrogen (secondary N) is 2. The van der Waals surface area contributed by atoms with Gasteiger partial charge in [-0.05, 0) is 79.3 Å². The van der Waals surface area contributed by atoms with Gasteiger partial charge >= 0.3 is 0 Å². The molecule has 0 bridgehead atoms. The second kappa shape index (κ2) is 9.41. The van der Waals surface area contributed by atoms with Crippen LogP contribution in [0.25, 0.3) is 55.7 Å². The van der Waals surface area contributed by atoms with E-state index >= 15 is 0 Å². The van der Waals surface area contributed by atoms with Crippen LogP contribution in [0.4, 0.5) is 4.39 Å². The number of rotatable bonds is 5. The number of benzene rings is 2. The normalized spacial score (nSPS) is 14.3. The average Bonchev–Trinajstić information content (AvgIpc) is 3.58. The van der Waals surface area contributed by atoms with Crippen LogP contribution < -0.4 is 4.74 Å². The fraction of sp³-hybridized carbons (Fsp3) is 0.194. The fourth-order valence-corrected chi connectivity index (χ4v) is 5.41. The van der Waals surface area contributed by atoms with Gasteiger partial charge in [-0.2, -0.15) is 5.10 Å². The maximum absolute atomic E-state index is 13.5. The third-order valence-corrected chi connectivity index (χ3v) is 7.35. The molecule has 0 amide bonds. The summed E-state index contributed by atoms with van der Waals surface area (Å²) in [6.07, 6.45) is 9.79. The summed E-state index contributed by atoms with van der Waals surface area (Å²) in [7, 11) is 0. The van der Waals surface area contributed by atoms with Gasteiger partial charge in [0.05, 0.1) is 29.2 Å². The Morgan fingerprint density at radius 3 is 2.58 bits per heavy atom. The van der Waals surface area contributed by atoms with Gasteiger partial charge in [-0.3, -0.25) is 10.1 Å². The molecule has 1 fully saturated rings. The molecule has 0 unspecified atom stereocenters. The van der Waals surface area contributed by atoms with E-state index in [4.69, 9.17) is 9.72 Å². The predicted octanol–water partition coefficient (Wildman–Crippen LogP) is 7.69. The number of ether oxygens (including phenoxy) is 1. The van der Waals surface area contributed by atoms with Crippen molar-refractivity contribution in [2.45, 2.75) is 38.2 Å². The van der Waals surface area contributed by atoms with Crippen molar-refractivity contribution >= 4 is 21.9 Å².